The standard InChI is InChI=1S/C25H31N5O3.HI/c1-4-26-23(31)17-32-22-8-6-7-19(13-22)14-28-25(27-5-2)29-15-21-16-33-24(30-21)20-11-9-18(3)10-12-20;/h6-13,16H,4-5,14-15,17H2,1-3H3,(H,26,31)(H2,27,28,29);1H. The van der Waals surface area contributed by atoms with Gasteiger partial charge in [-0.25, -0.2) is 9.98 Å². The minimum absolute atomic E-state index is 0. The lowest BCUT2D eigenvalue weighted by atomic mass is 10.1. The van der Waals surface area contributed by atoms with E-state index < -0.39 is 0 Å². The zero-order chi connectivity index (χ0) is 23.5. The van der Waals surface area contributed by atoms with Crippen LogP contribution in [0.15, 0.2) is 64.2 Å². The fraction of sp³-hybridized carbons (Fsp3) is 0.320. The number of hydrogen-bond acceptors (Lipinski definition) is 5. The molecule has 0 aliphatic rings. The highest BCUT2D eigenvalue weighted by Gasteiger charge is 2.08. The van der Waals surface area contributed by atoms with Crippen molar-refractivity contribution in [2.24, 2.45) is 4.99 Å². The monoisotopic (exact) mass is 577 g/mol. The predicted octanol–water partition coefficient (Wildman–Crippen LogP) is 4.04. The highest BCUT2D eigenvalue weighted by atomic mass is 127. The van der Waals surface area contributed by atoms with Gasteiger partial charge in [0.25, 0.3) is 5.91 Å². The summed E-state index contributed by atoms with van der Waals surface area (Å²) in [5.74, 6) is 1.76. The summed E-state index contributed by atoms with van der Waals surface area (Å²) in [4.78, 5) is 20.8. The summed E-state index contributed by atoms with van der Waals surface area (Å²) >= 11 is 0. The molecule has 3 N–H and O–H groups in total. The molecule has 1 heterocycles. The van der Waals surface area contributed by atoms with Gasteiger partial charge in [-0.2, -0.15) is 0 Å². The molecule has 2 aromatic carbocycles. The van der Waals surface area contributed by atoms with Crippen LogP contribution in [0.2, 0.25) is 0 Å². The smallest absolute Gasteiger partial charge is 0.257 e. The van der Waals surface area contributed by atoms with Crippen molar-refractivity contribution >= 4 is 35.8 Å². The van der Waals surface area contributed by atoms with Crippen molar-refractivity contribution in [3.8, 4) is 17.2 Å². The predicted molar refractivity (Wildman–Crippen MR) is 144 cm³/mol. The number of halogens is 1. The van der Waals surface area contributed by atoms with Crippen molar-refractivity contribution in [2.75, 3.05) is 19.7 Å². The molecule has 0 fully saturated rings. The number of aromatic nitrogens is 1. The van der Waals surface area contributed by atoms with Crippen LogP contribution in [0.5, 0.6) is 5.75 Å². The van der Waals surface area contributed by atoms with Gasteiger partial charge in [0.15, 0.2) is 12.6 Å². The van der Waals surface area contributed by atoms with Crippen LogP contribution >= 0.6 is 24.0 Å². The van der Waals surface area contributed by atoms with Gasteiger partial charge < -0.3 is 25.1 Å². The Morgan fingerprint density at radius 3 is 2.56 bits per heavy atom. The largest absolute Gasteiger partial charge is 0.484 e. The maximum Gasteiger partial charge on any atom is 0.257 e. The molecule has 3 rings (SSSR count). The summed E-state index contributed by atoms with van der Waals surface area (Å²) in [7, 11) is 0. The van der Waals surface area contributed by atoms with Gasteiger partial charge in [0.2, 0.25) is 5.89 Å². The zero-order valence-electron chi connectivity index (χ0n) is 19.8. The van der Waals surface area contributed by atoms with Gasteiger partial charge >= 0.3 is 0 Å². The number of oxazole rings is 1. The van der Waals surface area contributed by atoms with Crippen LogP contribution in [0.4, 0.5) is 0 Å². The molecule has 0 aliphatic heterocycles. The van der Waals surface area contributed by atoms with E-state index in [1.165, 1.54) is 5.56 Å². The summed E-state index contributed by atoms with van der Waals surface area (Å²) in [6.07, 6.45) is 1.65. The van der Waals surface area contributed by atoms with E-state index in [2.05, 4.69) is 25.9 Å². The third kappa shape index (κ3) is 8.69. The van der Waals surface area contributed by atoms with Gasteiger partial charge in [-0.05, 0) is 50.6 Å². The zero-order valence-corrected chi connectivity index (χ0v) is 22.1. The molecular weight excluding hydrogens is 545 g/mol. The average Bonchev–Trinajstić information content (AvgIpc) is 3.29. The summed E-state index contributed by atoms with van der Waals surface area (Å²) in [5.41, 5.74) is 3.90. The Morgan fingerprint density at radius 1 is 1.06 bits per heavy atom. The van der Waals surface area contributed by atoms with Crippen molar-refractivity contribution < 1.29 is 13.9 Å². The van der Waals surface area contributed by atoms with Gasteiger partial charge in [0.1, 0.15) is 12.0 Å². The maximum absolute atomic E-state index is 11.6. The van der Waals surface area contributed by atoms with Crippen LogP contribution in [0.3, 0.4) is 0 Å². The van der Waals surface area contributed by atoms with Gasteiger partial charge in [0.05, 0.1) is 18.8 Å². The second kappa shape index (κ2) is 14.2. The molecule has 0 bridgehead atoms. The number of ether oxygens (including phenoxy) is 1. The van der Waals surface area contributed by atoms with Gasteiger partial charge in [-0.3, -0.25) is 4.79 Å². The molecule has 1 aromatic heterocycles. The molecule has 34 heavy (non-hydrogen) atoms. The minimum atomic E-state index is -0.141. The summed E-state index contributed by atoms with van der Waals surface area (Å²) < 4.78 is 11.2. The lowest BCUT2D eigenvalue weighted by Gasteiger charge is -2.11. The molecule has 0 aliphatic carbocycles. The van der Waals surface area contributed by atoms with Gasteiger partial charge in [0, 0.05) is 18.7 Å². The molecule has 0 saturated heterocycles. The molecule has 0 unspecified atom stereocenters. The molecule has 8 nitrogen and oxygen atoms in total. The van der Waals surface area contributed by atoms with Crippen molar-refractivity contribution in [3.63, 3.8) is 0 Å². The van der Waals surface area contributed by atoms with E-state index in [-0.39, 0.29) is 36.5 Å². The number of carbonyl (C=O) groups excluding carboxylic acids is 1. The Balaban J connectivity index is 0.00000408. The van der Waals surface area contributed by atoms with Crippen molar-refractivity contribution in [1.29, 1.82) is 0 Å². The lowest BCUT2D eigenvalue weighted by molar-refractivity contribution is -0.122. The van der Waals surface area contributed by atoms with Crippen LogP contribution in [-0.4, -0.2) is 36.5 Å². The number of carbonyl (C=O) groups is 1. The van der Waals surface area contributed by atoms with Crippen molar-refractivity contribution in [3.05, 3.63) is 71.6 Å². The Hall–Kier alpha value is -3.08. The van der Waals surface area contributed by atoms with E-state index in [4.69, 9.17) is 9.15 Å². The van der Waals surface area contributed by atoms with Crippen LogP contribution in [0, 0.1) is 6.92 Å². The fourth-order valence-corrected chi connectivity index (χ4v) is 3.03. The second-order valence-corrected chi connectivity index (χ2v) is 7.45. The number of amides is 1. The Labute approximate surface area is 217 Å². The highest BCUT2D eigenvalue weighted by Crippen LogP contribution is 2.19. The first-order chi connectivity index (χ1) is 16.1. The molecule has 0 spiro atoms. The number of aryl methyl sites for hydroxylation is 1. The first-order valence-corrected chi connectivity index (χ1v) is 11.1. The van der Waals surface area contributed by atoms with Crippen molar-refractivity contribution in [2.45, 2.75) is 33.9 Å². The Bertz CT molecular complexity index is 1070. The molecule has 9 heteroatoms. The van der Waals surface area contributed by atoms with Gasteiger partial charge in [-0.1, -0.05) is 29.8 Å². The first-order valence-electron chi connectivity index (χ1n) is 11.1. The molecule has 0 atom stereocenters. The molecule has 0 saturated carbocycles. The number of guanidine groups is 1. The van der Waals surface area contributed by atoms with Crippen LogP contribution in [0.25, 0.3) is 11.5 Å². The second-order valence-electron chi connectivity index (χ2n) is 7.45. The summed E-state index contributed by atoms with van der Waals surface area (Å²) in [6.45, 7) is 8.18. The topological polar surface area (TPSA) is 101 Å². The molecule has 3 aromatic rings. The number of rotatable bonds is 10. The SMILES string of the molecule is CCNC(=O)COc1cccc(CN=C(NCC)NCc2coc(-c3ccc(C)cc3)n2)c1.I. The van der Waals surface area contributed by atoms with Crippen LogP contribution in [0.1, 0.15) is 30.7 Å². The van der Waals surface area contributed by atoms with E-state index in [0.29, 0.717) is 37.2 Å². The first kappa shape index (κ1) is 27.2. The van der Waals surface area contributed by atoms with E-state index in [0.717, 1.165) is 23.4 Å². The molecule has 182 valence electrons. The van der Waals surface area contributed by atoms with Crippen molar-refractivity contribution in [1.82, 2.24) is 20.9 Å². The maximum atomic E-state index is 11.6. The van der Waals surface area contributed by atoms with Crippen LogP contribution < -0.4 is 20.7 Å². The lowest BCUT2D eigenvalue weighted by Crippen LogP contribution is -2.36. The number of likely N-dealkylation sites (N-methyl/N-ethyl adjacent to an activating group) is 1. The van der Waals surface area contributed by atoms with Gasteiger partial charge in [-0.15, -0.1) is 24.0 Å². The van der Waals surface area contributed by atoms with E-state index >= 15 is 0 Å². The molecule has 1 amide bonds. The molecular formula is C25H32IN5O3. The number of benzene rings is 2. The molecule has 0 radical (unpaired) electrons. The third-order valence-corrected chi connectivity index (χ3v) is 4.69. The summed E-state index contributed by atoms with van der Waals surface area (Å²) in [5, 5.41) is 9.23. The number of aliphatic imine (C=N–C) groups is 1. The normalized spacial score (nSPS) is 10.9. The van der Waals surface area contributed by atoms with E-state index in [1.54, 1.807) is 6.26 Å². The quantitative estimate of drug-likeness (QED) is 0.191. The minimum Gasteiger partial charge on any atom is -0.484 e. The van der Waals surface area contributed by atoms with E-state index in [1.807, 2.05) is 69.3 Å². The Morgan fingerprint density at radius 2 is 1.82 bits per heavy atom. The summed E-state index contributed by atoms with van der Waals surface area (Å²) in [6, 6.07) is 15.6. The van der Waals surface area contributed by atoms with E-state index in [9.17, 15) is 4.79 Å². The number of nitrogens with zero attached hydrogens (tertiary/aromatic N) is 2. The third-order valence-electron chi connectivity index (χ3n) is 4.69. The highest BCUT2D eigenvalue weighted by molar-refractivity contribution is 14.0. The Kier molecular flexibility index (Phi) is 11.4. The number of nitrogens with one attached hydrogen (secondary N) is 3. The fourth-order valence-electron chi connectivity index (χ4n) is 3.03. The number of hydrogen-bond donors (Lipinski definition) is 3. The average molecular weight is 577 g/mol. The van der Waals surface area contributed by atoms with Crippen LogP contribution in [-0.2, 0) is 17.9 Å².